The van der Waals surface area contributed by atoms with Gasteiger partial charge in [0, 0.05) is 0 Å². The minimum absolute atomic E-state index is 0.0347. The lowest BCUT2D eigenvalue weighted by molar-refractivity contribution is 0.101. The molecule has 8 heteroatoms. The second-order valence-corrected chi connectivity index (χ2v) is 6.15. The molecule has 3 aromatic rings. The predicted octanol–water partition coefficient (Wildman–Crippen LogP) is 5.26. The van der Waals surface area contributed by atoms with E-state index < -0.39 is 5.91 Å². The van der Waals surface area contributed by atoms with Gasteiger partial charge < -0.3 is 14.6 Å². The van der Waals surface area contributed by atoms with Gasteiger partial charge in [-0.1, -0.05) is 34.4 Å². The summed E-state index contributed by atoms with van der Waals surface area (Å²) in [7, 11) is 0. The largest absolute Gasteiger partial charge is 0.489 e. The van der Waals surface area contributed by atoms with Gasteiger partial charge in [-0.05, 0) is 43.3 Å². The van der Waals surface area contributed by atoms with Gasteiger partial charge in [0.25, 0.3) is 5.91 Å². The zero-order valence-corrected chi connectivity index (χ0v) is 15.1. The van der Waals surface area contributed by atoms with Crippen LogP contribution in [0.2, 0.25) is 10.0 Å². The van der Waals surface area contributed by atoms with Gasteiger partial charge in [0.15, 0.2) is 5.69 Å². The lowest BCUT2D eigenvalue weighted by Crippen LogP contribution is -2.15. The van der Waals surface area contributed by atoms with Crippen LogP contribution < -0.4 is 10.1 Å². The molecule has 0 saturated heterocycles. The molecule has 3 rings (SSSR count). The quantitative estimate of drug-likeness (QED) is 0.640. The molecular weight excluding hydrogens is 382 g/mol. The SMILES string of the molecule is Cc1onc(C(=O)Nc2cccc(Cl)c2Cl)c1COc1ccc(F)cc1. The van der Waals surface area contributed by atoms with Crippen molar-refractivity contribution in [1.29, 1.82) is 0 Å². The maximum Gasteiger partial charge on any atom is 0.278 e. The van der Waals surface area contributed by atoms with E-state index in [-0.39, 0.29) is 23.1 Å². The fourth-order valence-corrected chi connectivity index (χ4v) is 2.56. The summed E-state index contributed by atoms with van der Waals surface area (Å²) in [5.74, 6) is 0.0198. The first-order chi connectivity index (χ1) is 12.5. The van der Waals surface area contributed by atoms with Gasteiger partial charge in [0.2, 0.25) is 0 Å². The number of amides is 1. The average Bonchev–Trinajstić information content (AvgIpc) is 2.99. The van der Waals surface area contributed by atoms with Gasteiger partial charge in [-0.3, -0.25) is 4.79 Å². The van der Waals surface area contributed by atoms with Crippen LogP contribution in [0.3, 0.4) is 0 Å². The number of rotatable bonds is 5. The average molecular weight is 395 g/mol. The number of ether oxygens (including phenoxy) is 1. The highest BCUT2D eigenvalue weighted by Crippen LogP contribution is 2.30. The molecular formula is C18H13Cl2FN2O3. The first-order valence-corrected chi connectivity index (χ1v) is 8.30. The van der Waals surface area contributed by atoms with Crippen LogP contribution in [0.25, 0.3) is 0 Å². The Kier molecular flexibility index (Phi) is 5.44. The number of hydrogen-bond donors (Lipinski definition) is 1. The molecule has 0 bridgehead atoms. The van der Waals surface area contributed by atoms with Crippen molar-refractivity contribution in [3.05, 3.63) is 75.3 Å². The number of anilines is 1. The van der Waals surface area contributed by atoms with Gasteiger partial charge in [-0.2, -0.15) is 0 Å². The number of carbonyl (C=O) groups is 1. The zero-order chi connectivity index (χ0) is 18.7. The van der Waals surface area contributed by atoms with E-state index in [9.17, 15) is 9.18 Å². The molecule has 26 heavy (non-hydrogen) atoms. The maximum absolute atomic E-state index is 12.9. The van der Waals surface area contributed by atoms with Crippen molar-refractivity contribution in [3.63, 3.8) is 0 Å². The summed E-state index contributed by atoms with van der Waals surface area (Å²) in [6.07, 6.45) is 0. The van der Waals surface area contributed by atoms with Gasteiger partial charge >= 0.3 is 0 Å². The topological polar surface area (TPSA) is 64.4 Å². The Labute approximate surface area is 158 Å². The predicted molar refractivity (Wildman–Crippen MR) is 96.4 cm³/mol. The molecule has 0 radical (unpaired) electrons. The second kappa shape index (κ2) is 7.76. The molecule has 1 aromatic heterocycles. The third kappa shape index (κ3) is 3.98. The van der Waals surface area contributed by atoms with Crippen molar-refractivity contribution in [2.75, 3.05) is 5.32 Å². The molecule has 1 heterocycles. The van der Waals surface area contributed by atoms with Gasteiger partial charge in [0.1, 0.15) is 23.9 Å². The third-order valence-corrected chi connectivity index (χ3v) is 4.42. The highest BCUT2D eigenvalue weighted by molar-refractivity contribution is 6.44. The Hall–Kier alpha value is -2.57. The van der Waals surface area contributed by atoms with Crippen molar-refractivity contribution in [1.82, 2.24) is 5.16 Å². The summed E-state index contributed by atoms with van der Waals surface area (Å²) in [6.45, 7) is 1.70. The Bertz CT molecular complexity index is 942. The maximum atomic E-state index is 12.9. The molecule has 2 aromatic carbocycles. The van der Waals surface area contributed by atoms with E-state index in [1.54, 1.807) is 25.1 Å². The molecule has 1 amide bonds. The molecule has 0 saturated carbocycles. The van der Waals surface area contributed by atoms with E-state index in [1.165, 1.54) is 24.3 Å². The summed E-state index contributed by atoms with van der Waals surface area (Å²) in [4.78, 5) is 12.5. The summed E-state index contributed by atoms with van der Waals surface area (Å²) in [5.41, 5.74) is 0.904. The van der Waals surface area contributed by atoms with Gasteiger partial charge in [-0.15, -0.1) is 0 Å². The van der Waals surface area contributed by atoms with Crippen LogP contribution in [-0.2, 0) is 6.61 Å². The van der Waals surface area contributed by atoms with Crippen LogP contribution in [0.5, 0.6) is 5.75 Å². The Morgan fingerprint density at radius 2 is 1.96 bits per heavy atom. The number of carbonyl (C=O) groups excluding carboxylic acids is 1. The molecule has 0 aliphatic rings. The van der Waals surface area contributed by atoms with E-state index in [1.807, 2.05) is 0 Å². The van der Waals surface area contributed by atoms with E-state index in [4.69, 9.17) is 32.5 Å². The molecule has 134 valence electrons. The fourth-order valence-electron chi connectivity index (χ4n) is 2.21. The fraction of sp³-hybridized carbons (Fsp3) is 0.111. The third-order valence-electron chi connectivity index (χ3n) is 3.60. The summed E-state index contributed by atoms with van der Waals surface area (Å²) >= 11 is 12.0. The molecule has 0 spiro atoms. The van der Waals surface area contributed by atoms with Crippen LogP contribution in [0, 0.1) is 12.7 Å². The molecule has 0 atom stereocenters. The monoisotopic (exact) mass is 394 g/mol. The summed E-state index contributed by atoms with van der Waals surface area (Å²) in [6, 6.07) is 10.4. The van der Waals surface area contributed by atoms with Crippen LogP contribution in [0.4, 0.5) is 10.1 Å². The Morgan fingerprint density at radius 3 is 2.69 bits per heavy atom. The first kappa shape index (κ1) is 18.2. The van der Waals surface area contributed by atoms with Crippen molar-refractivity contribution in [3.8, 4) is 5.75 Å². The lowest BCUT2D eigenvalue weighted by Gasteiger charge is -2.09. The van der Waals surface area contributed by atoms with E-state index in [2.05, 4.69) is 10.5 Å². The molecule has 0 fully saturated rings. The molecule has 1 N–H and O–H groups in total. The number of aromatic nitrogens is 1. The van der Waals surface area contributed by atoms with Crippen molar-refractivity contribution in [2.45, 2.75) is 13.5 Å². The smallest absolute Gasteiger partial charge is 0.278 e. The number of aryl methyl sites for hydroxylation is 1. The van der Waals surface area contributed by atoms with E-state index in [0.717, 1.165) is 0 Å². The van der Waals surface area contributed by atoms with Crippen molar-refractivity contribution < 1.29 is 18.4 Å². The number of halogens is 3. The second-order valence-electron chi connectivity index (χ2n) is 5.36. The van der Waals surface area contributed by atoms with Crippen LogP contribution in [0.1, 0.15) is 21.8 Å². The van der Waals surface area contributed by atoms with Gasteiger partial charge in [-0.25, -0.2) is 4.39 Å². The Morgan fingerprint density at radius 1 is 1.23 bits per heavy atom. The van der Waals surface area contributed by atoms with Crippen molar-refractivity contribution >= 4 is 34.8 Å². The standard InChI is InChI=1S/C18H13Cl2FN2O3/c1-10-13(9-25-12-7-5-11(21)6-8-12)17(23-26-10)18(24)22-15-4-2-3-14(19)16(15)20/h2-8H,9H2,1H3,(H,22,24). The molecule has 0 unspecified atom stereocenters. The van der Waals surface area contributed by atoms with Crippen molar-refractivity contribution in [2.24, 2.45) is 0 Å². The highest BCUT2D eigenvalue weighted by atomic mass is 35.5. The number of nitrogens with one attached hydrogen (secondary N) is 1. The van der Waals surface area contributed by atoms with Crippen LogP contribution >= 0.6 is 23.2 Å². The number of hydrogen-bond acceptors (Lipinski definition) is 4. The first-order valence-electron chi connectivity index (χ1n) is 7.54. The molecule has 5 nitrogen and oxygen atoms in total. The molecule has 0 aliphatic carbocycles. The van der Waals surface area contributed by atoms with Crippen LogP contribution in [-0.4, -0.2) is 11.1 Å². The normalized spacial score (nSPS) is 10.6. The minimum atomic E-state index is -0.510. The summed E-state index contributed by atoms with van der Waals surface area (Å²) in [5, 5.41) is 6.98. The van der Waals surface area contributed by atoms with Gasteiger partial charge in [0.05, 0.1) is 21.3 Å². The summed E-state index contributed by atoms with van der Waals surface area (Å²) < 4.78 is 23.6. The van der Waals surface area contributed by atoms with E-state index in [0.29, 0.717) is 27.8 Å². The zero-order valence-electron chi connectivity index (χ0n) is 13.6. The highest BCUT2D eigenvalue weighted by Gasteiger charge is 2.21. The number of benzene rings is 2. The van der Waals surface area contributed by atoms with E-state index >= 15 is 0 Å². The number of nitrogens with zero attached hydrogens (tertiary/aromatic N) is 1. The molecule has 0 aliphatic heterocycles. The van der Waals surface area contributed by atoms with Crippen LogP contribution in [0.15, 0.2) is 47.0 Å². The minimum Gasteiger partial charge on any atom is -0.489 e. The lowest BCUT2D eigenvalue weighted by atomic mass is 10.2. The Balaban J connectivity index is 1.77.